The van der Waals surface area contributed by atoms with Gasteiger partial charge >= 0.3 is 0 Å². The second-order valence-corrected chi connectivity index (χ2v) is 8.04. The molecule has 1 heterocycles. The average Bonchev–Trinajstić information content (AvgIpc) is 3.23. The van der Waals surface area contributed by atoms with Gasteiger partial charge in [0, 0.05) is 5.69 Å². The molecular weight excluding hydrogens is 368 g/mol. The highest BCUT2D eigenvalue weighted by molar-refractivity contribution is 7.99. The van der Waals surface area contributed by atoms with E-state index in [2.05, 4.69) is 27.5 Å². The molecule has 0 spiro atoms. The van der Waals surface area contributed by atoms with E-state index < -0.39 is 0 Å². The molecule has 1 aliphatic rings. The largest absolute Gasteiger partial charge is 0.325 e. The Morgan fingerprint density at radius 1 is 1.04 bits per heavy atom. The quantitative estimate of drug-likeness (QED) is 0.597. The van der Waals surface area contributed by atoms with Crippen LogP contribution in [-0.2, 0) is 4.79 Å². The van der Waals surface area contributed by atoms with Crippen LogP contribution >= 0.6 is 11.8 Å². The average molecular weight is 393 g/mol. The van der Waals surface area contributed by atoms with Crippen molar-refractivity contribution in [1.82, 2.24) is 14.8 Å². The van der Waals surface area contributed by atoms with Crippen molar-refractivity contribution in [3.05, 3.63) is 66.5 Å². The summed E-state index contributed by atoms with van der Waals surface area (Å²) in [6, 6.07) is 18.1. The molecule has 0 unspecified atom stereocenters. The van der Waals surface area contributed by atoms with Crippen LogP contribution < -0.4 is 5.32 Å². The standard InChI is InChI=1S/C22H24N4OS/c27-21(15-28-22-23-16-26(25-22)20-9-5-2-6-10-20)24-19-13-11-18(12-14-19)17-7-3-1-4-8-17/h2,5-6,9-14,16-17H,1,3-4,7-8,15H2,(H,24,27). The van der Waals surface area contributed by atoms with Crippen molar-refractivity contribution >= 4 is 23.4 Å². The first-order chi connectivity index (χ1) is 13.8. The highest BCUT2D eigenvalue weighted by Gasteiger charge is 2.15. The smallest absolute Gasteiger partial charge is 0.234 e. The molecule has 1 aliphatic carbocycles. The van der Waals surface area contributed by atoms with Gasteiger partial charge < -0.3 is 5.32 Å². The Labute approximate surface area is 169 Å². The summed E-state index contributed by atoms with van der Waals surface area (Å²) in [7, 11) is 0. The Bertz CT molecular complexity index is 902. The highest BCUT2D eigenvalue weighted by Crippen LogP contribution is 2.33. The molecule has 5 nitrogen and oxygen atoms in total. The maximum atomic E-state index is 12.3. The molecule has 1 fully saturated rings. The van der Waals surface area contributed by atoms with Crippen LogP contribution in [0.25, 0.3) is 5.69 Å². The molecule has 2 aromatic carbocycles. The number of carbonyl (C=O) groups excluding carboxylic acids is 1. The van der Waals surface area contributed by atoms with Gasteiger partial charge in [-0.3, -0.25) is 4.79 Å². The lowest BCUT2D eigenvalue weighted by molar-refractivity contribution is -0.113. The molecule has 3 aromatic rings. The lowest BCUT2D eigenvalue weighted by Crippen LogP contribution is -2.14. The van der Waals surface area contributed by atoms with E-state index in [9.17, 15) is 4.79 Å². The van der Waals surface area contributed by atoms with Gasteiger partial charge in [-0.05, 0) is 48.6 Å². The van der Waals surface area contributed by atoms with Crippen LogP contribution in [0.2, 0.25) is 0 Å². The molecule has 0 atom stereocenters. The Kier molecular flexibility index (Phi) is 6.07. The van der Waals surface area contributed by atoms with Crippen molar-refractivity contribution in [2.75, 3.05) is 11.1 Å². The van der Waals surface area contributed by atoms with Gasteiger partial charge in [0.15, 0.2) is 0 Å². The fraction of sp³-hybridized carbons (Fsp3) is 0.318. The normalized spacial score (nSPS) is 14.7. The van der Waals surface area contributed by atoms with Crippen LogP contribution in [0.1, 0.15) is 43.6 Å². The summed E-state index contributed by atoms with van der Waals surface area (Å²) >= 11 is 1.33. The fourth-order valence-electron chi connectivity index (χ4n) is 3.62. The third kappa shape index (κ3) is 4.81. The number of thioether (sulfide) groups is 1. The summed E-state index contributed by atoms with van der Waals surface area (Å²) in [6.07, 6.45) is 8.25. The van der Waals surface area contributed by atoms with Crippen LogP contribution in [0.15, 0.2) is 66.1 Å². The summed E-state index contributed by atoms with van der Waals surface area (Å²) in [5.74, 6) is 0.912. The third-order valence-corrected chi connectivity index (χ3v) is 5.95. The van der Waals surface area contributed by atoms with Gasteiger partial charge in [-0.15, -0.1) is 5.10 Å². The molecule has 1 aromatic heterocycles. The SMILES string of the molecule is O=C(CSc1ncn(-c2ccccc2)n1)Nc1ccc(C2CCCCC2)cc1. The topological polar surface area (TPSA) is 59.8 Å². The van der Waals surface area contributed by atoms with E-state index in [1.165, 1.54) is 49.4 Å². The van der Waals surface area contributed by atoms with Gasteiger partial charge in [0.25, 0.3) is 0 Å². The molecule has 4 rings (SSSR count). The predicted molar refractivity (Wildman–Crippen MR) is 113 cm³/mol. The zero-order valence-electron chi connectivity index (χ0n) is 15.8. The molecule has 0 saturated heterocycles. The first-order valence-electron chi connectivity index (χ1n) is 9.77. The van der Waals surface area contributed by atoms with E-state index in [4.69, 9.17) is 0 Å². The number of rotatable bonds is 6. The Morgan fingerprint density at radius 3 is 2.54 bits per heavy atom. The van der Waals surface area contributed by atoms with E-state index in [0.29, 0.717) is 11.1 Å². The van der Waals surface area contributed by atoms with Crippen molar-refractivity contribution in [3.63, 3.8) is 0 Å². The van der Waals surface area contributed by atoms with E-state index >= 15 is 0 Å². The zero-order valence-corrected chi connectivity index (χ0v) is 16.6. The van der Waals surface area contributed by atoms with Crippen LogP contribution in [0, 0.1) is 0 Å². The first kappa shape index (κ1) is 18.7. The minimum Gasteiger partial charge on any atom is -0.325 e. The maximum Gasteiger partial charge on any atom is 0.234 e. The third-order valence-electron chi connectivity index (χ3n) is 5.09. The number of nitrogens with zero attached hydrogens (tertiary/aromatic N) is 3. The van der Waals surface area contributed by atoms with Crippen LogP contribution in [-0.4, -0.2) is 26.4 Å². The molecule has 144 valence electrons. The number of anilines is 1. The van der Waals surface area contributed by atoms with Gasteiger partial charge in [-0.25, -0.2) is 9.67 Å². The minimum absolute atomic E-state index is 0.0496. The predicted octanol–water partition coefficient (Wildman–Crippen LogP) is 5.05. The number of aromatic nitrogens is 3. The molecular formula is C22H24N4OS. The number of hydrogen-bond acceptors (Lipinski definition) is 4. The monoisotopic (exact) mass is 392 g/mol. The Morgan fingerprint density at radius 2 is 1.79 bits per heavy atom. The number of para-hydroxylation sites is 1. The first-order valence-corrected chi connectivity index (χ1v) is 10.8. The fourth-order valence-corrected chi connectivity index (χ4v) is 4.22. The highest BCUT2D eigenvalue weighted by atomic mass is 32.2. The summed E-state index contributed by atoms with van der Waals surface area (Å²) < 4.78 is 1.71. The van der Waals surface area contributed by atoms with Crippen molar-refractivity contribution in [2.45, 2.75) is 43.2 Å². The van der Waals surface area contributed by atoms with Crippen LogP contribution in [0.4, 0.5) is 5.69 Å². The van der Waals surface area contributed by atoms with Crippen molar-refractivity contribution in [2.24, 2.45) is 0 Å². The van der Waals surface area contributed by atoms with E-state index in [-0.39, 0.29) is 11.7 Å². The van der Waals surface area contributed by atoms with Gasteiger partial charge in [0.2, 0.25) is 11.1 Å². The minimum atomic E-state index is -0.0496. The Balaban J connectivity index is 1.28. The van der Waals surface area contributed by atoms with E-state index in [0.717, 1.165) is 11.4 Å². The van der Waals surface area contributed by atoms with Crippen LogP contribution in [0.3, 0.4) is 0 Å². The molecule has 0 aliphatic heterocycles. The van der Waals surface area contributed by atoms with Crippen molar-refractivity contribution in [3.8, 4) is 5.69 Å². The maximum absolute atomic E-state index is 12.3. The second-order valence-electron chi connectivity index (χ2n) is 7.10. The number of hydrogen-bond donors (Lipinski definition) is 1. The molecule has 1 saturated carbocycles. The van der Waals surface area contributed by atoms with Crippen LogP contribution in [0.5, 0.6) is 0 Å². The molecule has 1 N–H and O–H groups in total. The molecule has 0 bridgehead atoms. The van der Waals surface area contributed by atoms with Gasteiger partial charge in [-0.2, -0.15) is 0 Å². The Hall–Kier alpha value is -2.60. The van der Waals surface area contributed by atoms with E-state index in [1.807, 2.05) is 42.5 Å². The molecule has 1 amide bonds. The molecule has 6 heteroatoms. The lowest BCUT2D eigenvalue weighted by Gasteiger charge is -2.22. The summed E-state index contributed by atoms with van der Waals surface area (Å²) in [6.45, 7) is 0. The van der Waals surface area contributed by atoms with Crippen molar-refractivity contribution in [1.29, 1.82) is 0 Å². The lowest BCUT2D eigenvalue weighted by atomic mass is 9.84. The summed E-state index contributed by atoms with van der Waals surface area (Å²) in [4.78, 5) is 16.5. The molecule has 28 heavy (non-hydrogen) atoms. The number of amides is 1. The summed E-state index contributed by atoms with van der Waals surface area (Å²) in [5.41, 5.74) is 3.18. The van der Waals surface area contributed by atoms with Gasteiger partial charge in [-0.1, -0.05) is 61.4 Å². The number of carbonyl (C=O) groups is 1. The summed E-state index contributed by atoms with van der Waals surface area (Å²) in [5, 5.41) is 7.96. The number of nitrogens with one attached hydrogen (secondary N) is 1. The van der Waals surface area contributed by atoms with Gasteiger partial charge in [0.05, 0.1) is 11.4 Å². The van der Waals surface area contributed by atoms with Gasteiger partial charge in [0.1, 0.15) is 6.33 Å². The zero-order chi connectivity index (χ0) is 19.2. The molecule has 0 radical (unpaired) electrons. The second kappa shape index (κ2) is 9.06. The number of benzene rings is 2. The van der Waals surface area contributed by atoms with E-state index in [1.54, 1.807) is 11.0 Å². The van der Waals surface area contributed by atoms with Crippen molar-refractivity contribution < 1.29 is 4.79 Å².